The summed E-state index contributed by atoms with van der Waals surface area (Å²) < 4.78 is 5.26. The highest BCUT2D eigenvalue weighted by atomic mass is 16.4. The Morgan fingerprint density at radius 2 is 1.86 bits per heavy atom. The van der Waals surface area contributed by atoms with Gasteiger partial charge in [0.1, 0.15) is 0 Å². The van der Waals surface area contributed by atoms with Gasteiger partial charge < -0.3 is 9.73 Å². The molecule has 0 radical (unpaired) electrons. The average molecular weight is 294 g/mol. The van der Waals surface area contributed by atoms with E-state index >= 15 is 0 Å². The molecular weight excluding hydrogens is 280 g/mol. The fourth-order valence-corrected chi connectivity index (χ4v) is 2.09. The molecule has 2 aromatic carbocycles. The number of benzene rings is 2. The van der Waals surface area contributed by atoms with Gasteiger partial charge in [-0.05, 0) is 36.4 Å². The van der Waals surface area contributed by atoms with Crippen molar-refractivity contribution < 1.29 is 9.21 Å². The van der Waals surface area contributed by atoms with E-state index in [0.29, 0.717) is 28.6 Å². The third-order valence-corrected chi connectivity index (χ3v) is 3.27. The highest BCUT2D eigenvalue weighted by molar-refractivity contribution is 5.90. The van der Waals surface area contributed by atoms with Crippen molar-refractivity contribution in [1.82, 2.24) is 4.98 Å². The Hall–Kier alpha value is -2.95. The highest BCUT2D eigenvalue weighted by Crippen LogP contribution is 2.20. The van der Waals surface area contributed by atoms with Crippen molar-refractivity contribution in [2.24, 2.45) is 0 Å². The number of amides is 1. The summed E-state index contributed by atoms with van der Waals surface area (Å²) >= 11 is 0. The number of carbonyl (C=O) groups is 1. The molecular formula is C17H14N2O3. The summed E-state index contributed by atoms with van der Waals surface area (Å²) in [4.78, 5) is 27.7. The number of hydrogen-bond acceptors (Lipinski definition) is 4. The van der Waals surface area contributed by atoms with Crippen molar-refractivity contribution in [1.29, 1.82) is 0 Å². The SMILES string of the molecule is CCC(=O)Nc1ccc(-c2nc3ccccc3c(=O)o2)cc1. The molecule has 5 heteroatoms. The summed E-state index contributed by atoms with van der Waals surface area (Å²) in [5.41, 5.74) is 1.55. The van der Waals surface area contributed by atoms with E-state index in [0.717, 1.165) is 0 Å². The molecule has 22 heavy (non-hydrogen) atoms. The van der Waals surface area contributed by atoms with Crippen molar-refractivity contribution in [2.75, 3.05) is 5.32 Å². The van der Waals surface area contributed by atoms with Crippen LogP contribution in [0.4, 0.5) is 5.69 Å². The van der Waals surface area contributed by atoms with Gasteiger partial charge in [0, 0.05) is 17.7 Å². The lowest BCUT2D eigenvalue weighted by Crippen LogP contribution is -2.09. The van der Waals surface area contributed by atoms with E-state index in [1.807, 2.05) is 6.07 Å². The number of rotatable bonds is 3. The topological polar surface area (TPSA) is 72.2 Å². The van der Waals surface area contributed by atoms with Crippen LogP contribution in [0.5, 0.6) is 0 Å². The number of carbonyl (C=O) groups excluding carboxylic acids is 1. The normalized spacial score (nSPS) is 10.6. The summed E-state index contributed by atoms with van der Waals surface area (Å²) in [6.45, 7) is 1.79. The second-order valence-corrected chi connectivity index (χ2v) is 4.80. The van der Waals surface area contributed by atoms with Crippen molar-refractivity contribution in [3.63, 3.8) is 0 Å². The van der Waals surface area contributed by atoms with Gasteiger partial charge in [-0.25, -0.2) is 9.78 Å². The van der Waals surface area contributed by atoms with Crippen LogP contribution in [0, 0.1) is 0 Å². The number of nitrogens with one attached hydrogen (secondary N) is 1. The van der Waals surface area contributed by atoms with E-state index in [2.05, 4.69) is 10.3 Å². The summed E-state index contributed by atoms with van der Waals surface area (Å²) in [5.74, 6) is 0.209. The predicted molar refractivity (Wildman–Crippen MR) is 84.6 cm³/mol. The van der Waals surface area contributed by atoms with E-state index in [4.69, 9.17) is 4.42 Å². The molecule has 0 aliphatic carbocycles. The predicted octanol–water partition coefficient (Wildman–Crippen LogP) is 3.20. The summed E-state index contributed by atoms with van der Waals surface area (Å²) in [6, 6.07) is 14.1. The Bertz CT molecular complexity index is 882. The van der Waals surface area contributed by atoms with Gasteiger partial charge in [0.05, 0.1) is 10.9 Å². The molecule has 1 aromatic heterocycles. The Morgan fingerprint density at radius 3 is 2.59 bits per heavy atom. The van der Waals surface area contributed by atoms with Gasteiger partial charge in [0.15, 0.2) is 0 Å². The molecule has 3 aromatic rings. The minimum atomic E-state index is -0.413. The molecule has 0 aliphatic heterocycles. The van der Waals surface area contributed by atoms with Gasteiger partial charge in [0.2, 0.25) is 11.8 Å². The highest BCUT2D eigenvalue weighted by Gasteiger charge is 2.08. The smallest absolute Gasteiger partial charge is 0.347 e. The molecule has 0 fully saturated rings. The standard InChI is InChI=1S/C17H14N2O3/c1-2-15(20)18-12-9-7-11(8-10-12)16-19-14-6-4-3-5-13(14)17(21)22-16/h3-10H,2H2,1H3,(H,18,20). The van der Waals surface area contributed by atoms with Crippen LogP contribution in [-0.4, -0.2) is 10.9 Å². The minimum Gasteiger partial charge on any atom is -0.403 e. The van der Waals surface area contributed by atoms with E-state index in [1.165, 1.54) is 0 Å². The number of fused-ring (bicyclic) bond motifs is 1. The fourth-order valence-electron chi connectivity index (χ4n) is 2.09. The molecule has 0 aliphatic rings. The molecule has 1 amide bonds. The Morgan fingerprint density at radius 1 is 1.14 bits per heavy atom. The maximum atomic E-state index is 12.0. The van der Waals surface area contributed by atoms with Crippen molar-refractivity contribution >= 4 is 22.5 Å². The largest absolute Gasteiger partial charge is 0.403 e. The van der Waals surface area contributed by atoms with Crippen LogP contribution in [0.2, 0.25) is 0 Å². The van der Waals surface area contributed by atoms with E-state index in [-0.39, 0.29) is 11.8 Å². The summed E-state index contributed by atoms with van der Waals surface area (Å²) in [6.07, 6.45) is 0.420. The van der Waals surface area contributed by atoms with Gasteiger partial charge in [0.25, 0.3) is 0 Å². The first-order valence-corrected chi connectivity index (χ1v) is 6.97. The first kappa shape index (κ1) is 14.0. The zero-order valence-corrected chi connectivity index (χ0v) is 12.0. The van der Waals surface area contributed by atoms with Crippen molar-refractivity contribution in [2.45, 2.75) is 13.3 Å². The second-order valence-electron chi connectivity index (χ2n) is 4.80. The zero-order valence-electron chi connectivity index (χ0n) is 12.0. The Balaban J connectivity index is 1.97. The monoisotopic (exact) mass is 294 g/mol. The third kappa shape index (κ3) is 2.74. The Labute approximate surface area is 126 Å². The van der Waals surface area contributed by atoms with Crippen LogP contribution in [0.25, 0.3) is 22.4 Å². The molecule has 1 N–H and O–H groups in total. The lowest BCUT2D eigenvalue weighted by molar-refractivity contribution is -0.115. The average Bonchev–Trinajstić information content (AvgIpc) is 2.55. The molecule has 0 saturated heterocycles. The number of aromatic nitrogens is 1. The zero-order chi connectivity index (χ0) is 15.5. The Kier molecular flexibility index (Phi) is 3.70. The quantitative estimate of drug-likeness (QED) is 0.805. The first-order chi connectivity index (χ1) is 10.7. The molecule has 0 atom stereocenters. The number of para-hydroxylation sites is 1. The molecule has 0 unspecified atom stereocenters. The van der Waals surface area contributed by atoms with Gasteiger partial charge >= 0.3 is 5.63 Å². The van der Waals surface area contributed by atoms with Gasteiger partial charge in [-0.2, -0.15) is 0 Å². The van der Waals surface area contributed by atoms with Crippen LogP contribution in [0.1, 0.15) is 13.3 Å². The molecule has 0 saturated carbocycles. The summed E-state index contributed by atoms with van der Waals surface area (Å²) in [5, 5.41) is 3.22. The van der Waals surface area contributed by atoms with Gasteiger partial charge in [-0.1, -0.05) is 19.1 Å². The van der Waals surface area contributed by atoms with Crippen LogP contribution in [-0.2, 0) is 4.79 Å². The van der Waals surface area contributed by atoms with Gasteiger partial charge in [-0.15, -0.1) is 0 Å². The second kappa shape index (κ2) is 5.81. The molecule has 5 nitrogen and oxygen atoms in total. The first-order valence-electron chi connectivity index (χ1n) is 6.97. The van der Waals surface area contributed by atoms with Gasteiger partial charge in [-0.3, -0.25) is 4.79 Å². The van der Waals surface area contributed by atoms with Crippen LogP contribution < -0.4 is 10.9 Å². The lowest BCUT2D eigenvalue weighted by atomic mass is 10.2. The van der Waals surface area contributed by atoms with E-state index in [1.54, 1.807) is 49.4 Å². The van der Waals surface area contributed by atoms with Crippen LogP contribution >= 0.6 is 0 Å². The lowest BCUT2D eigenvalue weighted by Gasteiger charge is -2.05. The molecule has 110 valence electrons. The third-order valence-electron chi connectivity index (χ3n) is 3.27. The number of hydrogen-bond donors (Lipinski definition) is 1. The molecule has 3 rings (SSSR count). The number of anilines is 1. The van der Waals surface area contributed by atoms with Crippen LogP contribution in [0.3, 0.4) is 0 Å². The molecule has 1 heterocycles. The molecule has 0 spiro atoms. The maximum Gasteiger partial charge on any atom is 0.347 e. The maximum absolute atomic E-state index is 12.0. The van der Waals surface area contributed by atoms with Crippen molar-refractivity contribution in [3.8, 4) is 11.5 Å². The van der Waals surface area contributed by atoms with Crippen LogP contribution in [0.15, 0.2) is 57.7 Å². The van der Waals surface area contributed by atoms with Crippen molar-refractivity contribution in [3.05, 3.63) is 59.0 Å². The fraction of sp³-hybridized carbons (Fsp3) is 0.118. The molecule has 0 bridgehead atoms. The van der Waals surface area contributed by atoms with E-state index < -0.39 is 5.63 Å². The van der Waals surface area contributed by atoms with E-state index in [9.17, 15) is 9.59 Å². The number of nitrogens with zero attached hydrogens (tertiary/aromatic N) is 1. The summed E-state index contributed by atoms with van der Waals surface area (Å²) in [7, 11) is 0. The minimum absolute atomic E-state index is 0.0527.